The summed E-state index contributed by atoms with van der Waals surface area (Å²) >= 11 is 0. The van der Waals surface area contributed by atoms with E-state index >= 15 is 0 Å². The lowest BCUT2D eigenvalue weighted by Gasteiger charge is -1.92. The van der Waals surface area contributed by atoms with Crippen LogP contribution in [-0.4, -0.2) is 21.0 Å². The van der Waals surface area contributed by atoms with Crippen LogP contribution in [0.2, 0.25) is 0 Å². The zero-order chi connectivity index (χ0) is 12.3. The van der Waals surface area contributed by atoms with E-state index in [-0.39, 0.29) is 0 Å². The Morgan fingerprint density at radius 2 is 0.941 bits per heavy atom. The lowest BCUT2D eigenvalue weighted by atomic mass is 10.1. The molecule has 0 unspecified atom stereocenters. The molecule has 0 aromatic heterocycles. The molecule has 0 spiro atoms. The highest BCUT2D eigenvalue weighted by Gasteiger charge is 1.84. The molecule has 3 heteroatoms. The molecule has 82 valence electrons. The molecule has 6 radical (unpaired) electrons. The molecule has 0 amide bonds. The van der Waals surface area contributed by atoms with Crippen LogP contribution in [0.3, 0.4) is 0 Å². The predicted octanol–water partition coefficient (Wildman–Crippen LogP) is 3.03. The van der Waals surface area contributed by atoms with Gasteiger partial charge in [0, 0.05) is 0 Å². The van der Waals surface area contributed by atoms with E-state index in [1.807, 2.05) is 36.4 Å². The van der Waals surface area contributed by atoms with Gasteiger partial charge in [0.15, 0.2) is 0 Å². The molecule has 0 bridgehead atoms. The van der Waals surface area contributed by atoms with Gasteiger partial charge in [-0.15, -0.1) is 0 Å². The number of rotatable bonds is 2. The van der Waals surface area contributed by atoms with Crippen molar-refractivity contribution in [2.75, 3.05) is 0 Å². The fraction of sp³-hybridized carbons (Fsp3) is 0. The van der Waals surface area contributed by atoms with Crippen LogP contribution in [0.1, 0.15) is 11.1 Å². The fourth-order valence-electron chi connectivity index (χ4n) is 1.32. The Kier molecular flexibility index (Phi) is 6.97. The third-order valence-electron chi connectivity index (χ3n) is 2.07. The standard InChI is InChI=1S/C14H12.OSi2/c1-3-7-13(8-4-1)11-12-14-9-5-2-6-10-14;2-1-3/h1-12H;/b12-11+;. The molecule has 2 aromatic rings. The Morgan fingerprint density at radius 3 is 1.24 bits per heavy atom. The molecule has 1 nitrogen and oxygen atoms in total. The van der Waals surface area contributed by atoms with Crippen LogP contribution >= 0.6 is 0 Å². The summed E-state index contributed by atoms with van der Waals surface area (Å²) in [6.45, 7) is 0. The summed E-state index contributed by atoms with van der Waals surface area (Å²) in [7, 11) is 5.19. The molecule has 0 aliphatic rings. The van der Waals surface area contributed by atoms with Crippen molar-refractivity contribution < 1.29 is 4.12 Å². The topological polar surface area (TPSA) is 9.23 Å². The average molecular weight is 252 g/mol. The lowest BCUT2D eigenvalue weighted by Crippen LogP contribution is -1.70. The van der Waals surface area contributed by atoms with Crippen molar-refractivity contribution in [1.82, 2.24) is 0 Å². The summed E-state index contributed by atoms with van der Waals surface area (Å²) in [5.41, 5.74) is 2.47. The second-order valence-electron chi connectivity index (χ2n) is 3.26. The maximum atomic E-state index is 3.86. The minimum absolute atomic E-state index is 1.23. The van der Waals surface area contributed by atoms with Gasteiger partial charge in [0.2, 0.25) is 21.0 Å². The van der Waals surface area contributed by atoms with Crippen LogP contribution in [-0.2, 0) is 4.12 Å². The summed E-state index contributed by atoms with van der Waals surface area (Å²) in [5, 5.41) is 0. The van der Waals surface area contributed by atoms with Crippen molar-refractivity contribution >= 4 is 33.1 Å². The lowest BCUT2D eigenvalue weighted by molar-refractivity contribution is 0.690. The molecule has 0 saturated carbocycles. The highest BCUT2D eigenvalue weighted by Crippen LogP contribution is 2.06. The second kappa shape index (κ2) is 8.69. The van der Waals surface area contributed by atoms with E-state index < -0.39 is 0 Å². The Bertz CT molecular complexity index is 385. The van der Waals surface area contributed by atoms with Crippen LogP contribution in [0.25, 0.3) is 12.2 Å². The third-order valence-corrected chi connectivity index (χ3v) is 2.07. The van der Waals surface area contributed by atoms with Crippen molar-refractivity contribution in [2.24, 2.45) is 0 Å². The van der Waals surface area contributed by atoms with Gasteiger partial charge in [-0.3, -0.25) is 0 Å². The maximum Gasteiger partial charge on any atom is 0.229 e. The summed E-state index contributed by atoms with van der Waals surface area (Å²) in [5.74, 6) is 0. The monoisotopic (exact) mass is 252 g/mol. The van der Waals surface area contributed by atoms with Crippen LogP contribution in [0.15, 0.2) is 60.7 Å². The van der Waals surface area contributed by atoms with Gasteiger partial charge in [-0.2, -0.15) is 0 Å². The summed E-state index contributed by atoms with van der Waals surface area (Å²) < 4.78 is 3.86. The van der Waals surface area contributed by atoms with Crippen LogP contribution in [0.4, 0.5) is 0 Å². The molecule has 0 saturated heterocycles. The molecule has 17 heavy (non-hydrogen) atoms. The fourth-order valence-corrected chi connectivity index (χ4v) is 1.32. The van der Waals surface area contributed by atoms with Crippen LogP contribution in [0.5, 0.6) is 0 Å². The van der Waals surface area contributed by atoms with Gasteiger partial charge in [-0.1, -0.05) is 72.8 Å². The van der Waals surface area contributed by atoms with Crippen LogP contribution < -0.4 is 0 Å². The summed E-state index contributed by atoms with van der Waals surface area (Å²) in [6, 6.07) is 20.6. The number of benzene rings is 2. The van der Waals surface area contributed by atoms with E-state index in [1.165, 1.54) is 11.1 Å². The molecule has 0 aliphatic carbocycles. The number of hydrogen-bond donors (Lipinski definition) is 0. The van der Waals surface area contributed by atoms with Gasteiger partial charge < -0.3 is 4.12 Å². The Balaban J connectivity index is 0.000000437. The van der Waals surface area contributed by atoms with Crippen molar-refractivity contribution in [3.63, 3.8) is 0 Å². The molecular weight excluding hydrogens is 240 g/mol. The summed E-state index contributed by atoms with van der Waals surface area (Å²) in [6.07, 6.45) is 4.24. The molecule has 2 rings (SSSR count). The van der Waals surface area contributed by atoms with E-state index in [4.69, 9.17) is 0 Å². The van der Waals surface area contributed by atoms with Crippen molar-refractivity contribution in [3.8, 4) is 0 Å². The maximum absolute atomic E-state index is 3.86. The Morgan fingerprint density at radius 1 is 0.647 bits per heavy atom. The predicted molar refractivity (Wildman–Crippen MR) is 74.4 cm³/mol. The molecule has 0 atom stereocenters. The van der Waals surface area contributed by atoms with E-state index in [1.54, 1.807) is 0 Å². The van der Waals surface area contributed by atoms with Crippen molar-refractivity contribution in [1.29, 1.82) is 0 Å². The SMILES string of the molecule is C(=C\c1ccccc1)/c1ccccc1.[Si]O[Si]. The first kappa shape index (κ1) is 13.6. The second-order valence-corrected chi connectivity index (χ2v) is 4.07. The van der Waals surface area contributed by atoms with Crippen LogP contribution in [0, 0.1) is 0 Å². The first-order valence-corrected chi connectivity index (χ1v) is 5.96. The molecule has 2 aromatic carbocycles. The van der Waals surface area contributed by atoms with E-state index in [2.05, 4.69) is 61.5 Å². The largest absolute Gasteiger partial charge is 0.458 e. The van der Waals surface area contributed by atoms with Gasteiger partial charge in [0.25, 0.3) is 0 Å². The minimum Gasteiger partial charge on any atom is -0.458 e. The van der Waals surface area contributed by atoms with E-state index in [9.17, 15) is 0 Å². The van der Waals surface area contributed by atoms with Gasteiger partial charge in [-0.25, -0.2) is 0 Å². The first-order valence-electron chi connectivity index (χ1n) is 5.14. The molecular formula is C14H12OSi2. The van der Waals surface area contributed by atoms with Gasteiger partial charge in [0.05, 0.1) is 0 Å². The highest BCUT2D eigenvalue weighted by molar-refractivity contribution is 6.15. The molecule has 0 heterocycles. The first-order chi connectivity index (χ1) is 8.36. The smallest absolute Gasteiger partial charge is 0.229 e. The van der Waals surface area contributed by atoms with E-state index in [0.29, 0.717) is 0 Å². The third kappa shape index (κ3) is 6.01. The van der Waals surface area contributed by atoms with E-state index in [0.717, 1.165) is 0 Å². The zero-order valence-electron chi connectivity index (χ0n) is 9.34. The van der Waals surface area contributed by atoms with Gasteiger partial charge in [-0.05, 0) is 11.1 Å². The minimum atomic E-state index is 1.23. The summed E-state index contributed by atoms with van der Waals surface area (Å²) in [4.78, 5) is 0. The van der Waals surface area contributed by atoms with Gasteiger partial charge in [0.1, 0.15) is 0 Å². The normalized spacial score (nSPS) is 9.76. The average Bonchev–Trinajstić information content (AvgIpc) is 2.40. The zero-order valence-corrected chi connectivity index (χ0v) is 11.3. The Hall–Kier alpha value is -1.43. The quantitative estimate of drug-likeness (QED) is 0.590. The Labute approximate surface area is 109 Å². The van der Waals surface area contributed by atoms with Crippen molar-refractivity contribution in [3.05, 3.63) is 71.8 Å². The number of hydrogen-bond acceptors (Lipinski definition) is 1. The van der Waals surface area contributed by atoms with Crippen molar-refractivity contribution in [2.45, 2.75) is 0 Å². The molecule has 0 N–H and O–H groups in total. The molecule has 0 fully saturated rings. The molecule has 0 aliphatic heterocycles. The van der Waals surface area contributed by atoms with Gasteiger partial charge >= 0.3 is 0 Å². The highest BCUT2D eigenvalue weighted by atomic mass is 28.3.